The minimum absolute atomic E-state index is 0.139. The Hall–Kier alpha value is -2.57. The molecule has 0 spiro atoms. The van der Waals surface area contributed by atoms with Crippen LogP contribution in [-0.2, 0) is 25.5 Å². The number of carbonyl (C=O) groups is 3. The predicted octanol–water partition coefficient (Wildman–Crippen LogP) is 3.50. The van der Waals surface area contributed by atoms with Crippen LogP contribution in [0.15, 0.2) is 42.5 Å². The molecule has 6 nitrogen and oxygen atoms in total. The molecule has 0 aromatic heterocycles. The van der Waals surface area contributed by atoms with Gasteiger partial charge in [-0.05, 0) is 36.4 Å². The van der Waals surface area contributed by atoms with E-state index in [-0.39, 0.29) is 6.42 Å². The van der Waals surface area contributed by atoms with E-state index in [1.165, 1.54) is 31.4 Å². The number of halogens is 2. The lowest BCUT2D eigenvalue weighted by Crippen LogP contribution is -2.21. The van der Waals surface area contributed by atoms with Gasteiger partial charge in [-0.25, -0.2) is 4.79 Å². The topological polar surface area (TPSA) is 81.7 Å². The van der Waals surface area contributed by atoms with E-state index in [9.17, 15) is 14.4 Å². The predicted molar refractivity (Wildman–Crippen MR) is 97.5 cm³/mol. The summed E-state index contributed by atoms with van der Waals surface area (Å²) < 4.78 is 9.51. The lowest BCUT2D eigenvalue weighted by atomic mass is 10.1. The Kier molecular flexibility index (Phi) is 7.00. The van der Waals surface area contributed by atoms with Crippen LogP contribution in [0.25, 0.3) is 0 Å². The molecule has 0 heterocycles. The third-order valence-corrected chi connectivity index (χ3v) is 4.05. The first-order valence-electron chi connectivity index (χ1n) is 7.47. The molecule has 0 aliphatic rings. The molecule has 8 heteroatoms. The summed E-state index contributed by atoms with van der Waals surface area (Å²) in [5.74, 6) is -1.62. The fraction of sp³-hybridized carbons (Fsp3) is 0.167. The van der Waals surface area contributed by atoms with Crippen molar-refractivity contribution in [3.8, 4) is 0 Å². The van der Waals surface area contributed by atoms with Crippen molar-refractivity contribution in [2.75, 3.05) is 19.0 Å². The van der Waals surface area contributed by atoms with Crippen LogP contribution >= 0.6 is 23.2 Å². The van der Waals surface area contributed by atoms with E-state index in [4.69, 9.17) is 27.9 Å². The molecule has 0 atom stereocenters. The quantitative estimate of drug-likeness (QED) is 0.756. The van der Waals surface area contributed by atoms with Crippen LogP contribution in [0, 0.1) is 0 Å². The Morgan fingerprint density at radius 3 is 2.19 bits per heavy atom. The highest BCUT2D eigenvalue weighted by molar-refractivity contribution is 6.36. The zero-order valence-corrected chi connectivity index (χ0v) is 15.3. The Morgan fingerprint density at radius 2 is 1.62 bits per heavy atom. The molecule has 1 N–H and O–H groups in total. The first kappa shape index (κ1) is 19.8. The van der Waals surface area contributed by atoms with E-state index in [1.54, 1.807) is 18.2 Å². The SMILES string of the molecule is COC(=O)c1ccc(NC(=O)COC(=O)Cc2c(Cl)cccc2Cl)cc1. The summed E-state index contributed by atoms with van der Waals surface area (Å²) in [6, 6.07) is 11.0. The molecule has 2 aromatic rings. The van der Waals surface area contributed by atoms with Crippen molar-refractivity contribution >= 4 is 46.7 Å². The molecule has 0 aliphatic heterocycles. The van der Waals surface area contributed by atoms with Gasteiger partial charge in [-0.1, -0.05) is 29.3 Å². The molecule has 0 radical (unpaired) electrons. The standard InChI is InChI=1S/C18H15Cl2NO5/c1-25-18(24)11-5-7-12(8-6-11)21-16(22)10-26-17(23)9-13-14(19)3-2-4-15(13)20/h2-8H,9-10H2,1H3,(H,21,22). The molecule has 1 amide bonds. The molecule has 136 valence electrons. The molecular formula is C18H15Cl2NO5. The summed E-state index contributed by atoms with van der Waals surface area (Å²) >= 11 is 12.0. The fourth-order valence-corrected chi connectivity index (χ4v) is 2.58. The molecule has 2 rings (SSSR count). The summed E-state index contributed by atoms with van der Waals surface area (Å²) in [6.07, 6.45) is -0.139. The van der Waals surface area contributed by atoms with Gasteiger partial charge in [0, 0.05) is 21.3 Å². The number of nitrogens with one attached hydrogen (secondary N) is 1. The number of hydrogen-bond donors (Lipinski definition) is 1. The van der Waals surface area contributed by atoms with E-state index in [0.29, 0.717) is 26.9 Å². The molecule has 0 bridgehead atoms. The summed E-state index contributed by atoms with van der Waals surface area (Å²) in [6.45, 7) is -0.459. The molecular weight excluding hydrogens is 381 g/mol. The maximum atomic E-state index is 11.9. The van der Waals surface area contributed by atoms with E-state index in [2.05, 4.69) is 10.1 Å². The number of carbonyl (C=O) groups excluding carboxylic acids is 3. The van der Waals surface area contributed by atoms with Crippen LogP contribution in [0.2, 0.25) is 10.0 Å². The average molecular weight is 396 g/mol. The van der Waals surface area contributed by atoms with Gasteiger partial charge in [-0.2, -0.15) is 0 Å². The van der Waals surface area contributed by atoms with Crippen molar-refractivity contribution in [1.29, 1.82) is 0 Å². The van der Waals surface area contributed by atoms with Gasteiger partial charge in [0.05, 0.1) is 19.1 Å². The van der Waals surface area contributed by atoms with Crippen molar-refractivity contribution in [3.63, 3.8) is 0 Å². The molecule has 0 unspecified atom stereocenters. The van der Waals surface area contributed by atoms with Gasteiger partial charge in [0.2, 0.25) is 0 Å². The summed E-state index contributed by atoms with van der Waals surface area (Å²) in [4.78, 5) is 35.0. The molecule has 26 heavy (non-hydrogen) atoms. The van der Waals surface area contributed by atoms with Crippen LogP contribution < -0.4 is 5.32 Å². The van der Waals surface area contributed by atoms with E-state index < -0.39 is 24.5 Å². The Labute approximate surface area is 160 Å². The number of amides is 1. The molecule has 0 saturated heterocycles. The highest BCUT2D eigenvalue weighted by atomic mass is 35.5. The maximum Gasteiger partial charge on any atom is 0.337 e. The van der Waals surface area contributed by atoms with Gasteiger partial charge in [0.15, 0.2) is 6.61 Å². The van der Waals surface area contributed by atoms with Gasteiger partial charge in [-0.15, -0.1) is 0 Å². The third-order valence-electron chi connectivity index (χ3n) is 3.34. The van der Waals surface area contributed by atoms with Crippen LogP contribution in [0.4, 0.5) is 5.69 Å². The lowest BCUT2D eigenvalue weighted by molar-refractivity contribution is -0.146. The monoisotopic (exact) mass is 395 g/mol. The summed E-state index contributed by atoms with van der Waals surface area (Å²) in [5.41, 5.74) is 1.25. The number of benzene rings is 2. The normalized spacial score (nSPS) is 10.1. The van der Waals surface area contributed by atoms with Gasteiger partial charge in [0.25, 0.3) is 5.91 Å². The van der Waals surface area contributed by atoms with Gasteiger partial charge in [-0.3, -0.25) is 9.59 Å². The van der Waals surface area contributed by atoms with E-state index in [0.717, 1.165) is 0 Å². The first-order valence-corrected chi connectivity index (χ1v) is 8.23. The number of rotatable bonds is 6. The third kappa shape index (κ3) is 5.47. The Balaban J connectivity index is 1.84. The zero-order chi connectivity index (χ0) is 19.1. The summed E-state index contributed by atoms with van der Waals surface area (Å²) in [7, 11) is 1.28. The smallest absolute Gasteiger partial charge is 0.337 e. The number of hydrogen-bond acceptors (Lipinski definition) is 5. The van der Waals surface area contributed by atoms with Crippen molar-refractivity contribution in [1.82, 2.24) is 0 Å². The van der Waals surface area contributed by atoms with Crippen molar-refractivity contribution in [2.45, 2.75) is 6.42 Å². The second-order valence-electron chi connectivity index (χ2n) is 5.15. The van der Waals surface area contributed by atoms with Crippen molar-refractivity contribution < 1.29 is 23.9 Å². The van der Waals surface area contributed by atoms with Crippen LogP contribution in [0.1, 0.15) is 15.9 Å². The molecule has 0 saturated carbocycles. The molecule has 2 aromatic carbocycles. The number of ether oxygens (including phenoxy) is 2. The number of esters is 2. The van der Waals surface area contributed by atoms with Gasteiger partial charge >= 0.3 is 11.9 Å². The molecule has 0 aliphatic carbocycles. The van der Waals surface area contributed by atoms with E-state index >= 15 is 0 Å². The maximum absolute atomic E-state index is 11.9. The highest BCUT2D eigenvalue weighted by Crippen LogP contribution is 2.24. The summed E-state index contributed by atoms with van der Waals surface area (Å²) in [5, 5.41) is 3.25. The molecule has 0 fully saturated rings. The second kappa shape index (κ2) is 9.22. The highest BCUT2D eigenvalue weighted by Gasteiger charge is 2.14. The largest absolute Gasteiger partial charge is 0.465 e. The Morgan fingerprint density at radius 1 is 1.00 bits per heavy atom. The van der Waals surface area contributed by atoms with Gasteiger partial charge in [0.1, 0.15) is 0 Å². The lowest BCUT2D eigenvalue weighted by Gasteiger charge is -2.09. The Bertz CT molecular complexity index is 801. The van der Waals surface area contributed by atoms with Crippen molar-refractivity contribution in [2.24, 2.45) is 0 Å². The van der Waals surface area contributed by atoms with Crippen molar-refractivity contribution in [3.05, 3.63) is 63.6 Å². The van der Waals surface area contributed by atoms with Gasteiger partial charge < -0.3 is 14.8 Å². The van der Waals surface area contributed by atoms with Crippen LogP contribution in [0.5, 0.6) is 0 Å². The van der Waals surface area contributed by atoms with Crippen LogP contribution in [0.3, 0.4) is 0 Å². The second-order valence-corrected chi connectivity index (χ2v) is 5.97. The average Bonchev–Trinajstić information content (AvgIpc) is 2.63. The van der Waals surface area contributed by atoms with E-state index in [1.807, 2.05) is 0 Å². The number of anilines is 1. The first-order chi connectivity index (χ1) is 12.4. The fourth-order valence-electron chi connectivity index (χ4n) is 2.05. The number of methoxy groups -OCH3 is 1. The minimum atomic E-state index is -0.629. The van der Waals surface area contributed by atoms with Crippen LogP contribution in [-0.4, -0.2) is 31.6 Å². The zero-order valence-electron chi connectivity index (χ0n) is 13.8. The minimum Gasteiger partial charge on any atom is -0.465 e.